The molecule has 0 saturated carbocycles. The summed E-state index contributed by atoms with van der Waals surface area (Å²) in [4.78, 5) is 14.7. The van der Waals surface area contributed by atoms with Crippen molar-refractivity contribution in [1.82, 2.24) is 15.1 Å². The van der Waals surface area contributed by atoms with Crippen molar-refractivity contribution in [1.29, 1.82) is 0 Å². The zero-order valence-corrected chi connectivity index (χ0v) is 16.5. The molecule has 1 aliphatic rings. The highest BCUT2D eigenvalue weighted by atomic mass is 16.5. The molecule has 1 aliphatic heterocycles. The number of amides is 1. The van der Waals surface area contributed by atoms with Gasteiger partial charge in [0.25, 0.3) is 5.91 Å². The van der Waals surface area contributed by atoms with Gasteiger partial charge in [-0.2, -0.15) is 0 Å². The Morgan fingerprint density at radius 3 is 2.62 bits per heavy atom. The van der Waals surface area contributed by atoms with E-state index in [0.29, 0.717) is 23.9 Å². The van der Waals surface area contributed by atoms with Crippen molar-refractivity contribution in [3.8, 4) is 23.0 Å². The molecule has 3 aromatic rings. The van der Waals surface area contributed by atoms with Crippen molar-refractivity contribution < 1.29 is 18.7 Å². The fourth-order valence-corrected chi connectivity index (χ4v) is 3.55. The Kier molecular flexibility index (Phi) is 5.46. The van der Waals surface area contributed by atoms with Crippen LogP contribution in [0.3, 0.4) is 0 Å². The van der Waals surface area contributed by atoms with Crippen molar-refractivity contribution in [2.24, 2.45) is 0 Å². The molecule has 150 valence electrons. The third-order valence-corrected chi connectivity index (χ3v) is 5.15. The van der Waals surface area contributed by atoms with Gasteiger partial charge in [0.15, 0.2) is 0 Å². The summed E-state index contributed by atoms with van der Waals surface area (Å²) in [5, 5.41) is 8.44. The van der Waals surface area contributed by atoms with E-state index < -0.39 is 0 Å². The average molecular weight is 393 g/mol. The van der Waals surface area contributed by atoms with Crippen molar-refractivity contribution in [3.63, 3.8) is 0 Å². The molecule has 2 heterocycles. The Morgan fingerprint density at radius 1 is 1.07 bits per heavy atom. The van der Waals surface area contributed by atoms with Crippen LogP contribution in [-0.2, 0) is 0 Å². The first-order valence-electron chi connectivity index (χ1n) is 9.59. The van der Waals surface area contributed by atoms with Gasteiger partial charge in [-0.15, -0.1) is 10.2 Å². The minimum absolute atomic E-state index is 0.00453. The third-order valence-electron chi connectivity index (χ3n) is 5.15. The van der Waals surface area contributed by atoms with Crippen LogP contribution < -0.4 is 9.47 Å². The molecule has 4 rings (SSSR count). The van der Waals surface area contributed by atoms with E-state index in [-0.39, 0.29) is 11.8 Å². The number of likely N-dealkylation sites (tertiary alicyclic amines) is 1. The molecule has 1 amide bonds. The van der Waals surface area contributed by atoms with E-state index in [9.17, 15) is 4.79 Å². The summed E-state index contributed by atoms with van der Waals surface area (Å²) in [6.07, 6.45) is 1.80. The molecule has 0 aliphatic carbocycles. The number of carbonyl (C=O) groups is 1. The molecule has 1 aromatic heterocycles. The normalized spacial score (nSPS) is 16.5. The predicted octanol–water partition coefficient (Wildman–Crippen LogP) is 3.77. The summed E-state index contributed by atoms with van der Waals surface area (Å²) < 4.78 is 16.4. The molecule has 0 N–H and O–H groups in total. The number of ether oxygens (including phenoxy) is 2. The van der Waals surface area contributed by atoms with Gasteiger partial charge in [-0.3, -0.25) is 4.79 Å². The van der Waals surface area contributed by atoms with Crippen molar-refractivity contribution in [2.75, 3.05) is 27.3 Å². The molecule has 0 unspecified atom stereocenters. The van der Waals surface area contributed by atoms with Crippen LogP contribution in [0.15, 0.2) is 52.9 Å². The Balaban J connectivity index is 1.48. The van der Waals surface area contributed by atoms with Gasteiger partial charge in [-0.05, 0) is 55.3 Å². The number of hydrogen-bond acceptors (Lipinski definition) is 6. The van der Waals surface area contributed by atoms with Crippen molar-refractivity contribution >= 4 is 5.91 Å². The fraction of sp³-hybridized carbons (Fsp3) is 0.318. The highest BCUT2D eigenvalue weighted by Crippen LogP contribution is 2.30. The van der Waals surface area contributed by atoms with Crippen LogP contribution in [0.25, 0.3) is 11.5 Å². The minimum Gasteiger partial charge on any atom is -0.497 e. The van der Waals surface area contributed by atoms with Crippen molar-refractivity contribution in [2.45, 2.75) is 18.8 Å². The predicted molar refractivity (Wildman–Crippen MR) is 107 cm³/mol. The van der Waals surface area contributed by atoms with Gasteiger partial charge >= 0.3 is 0 Å². The molecule has 2 aromatic carbocycles. The first-order valence-corrected chi connectivity index (χ1v) is 9.59. The van der Waals surface area contributed by atoms with Crippen LogP contribution in [0.5, 0.6) is 11.5 Å². The second-order valence-corrected chi connectivity index (χ2v) is 7.00. The number of benzene rings is 2. The first-order chi connectivity index (χ1) is 14.2. The van der Waals surface area contributed by atoms with Crippen LogP contribution in [0.2, 0.25) is 0 Å². The lowest BCUT2D eigenvalue weighted by molar-refractivity contribution is 0.0698. The van der Waals surface area contributed by atoms with Gasteiger partial charge in [0, 0.05) is 24.2 Å². The third kappa shape index (κ3) is 4.08. The number of methoxy groups -OCH3 is 2. The molecule has 29 heavy (non-hydrogen) atoms. The number of hydrogen-bond donors (Lipinski definition) is 0. The minimum atomic E-state index is 0.00453. The lowest BCUT2D eigenvalue weighted by Gasteiger charge is -2.31. The van der Waals surface area contributed by atoms with E-state index in [4.69, 9.17) is 13.9 Å². The number of piperidine rings is 1. The zero-order chi connectivity index (χ0) is 20.2. The average Bonchev–Trinajstić information content (AvgIpc) is 3.29. The van der Waals surface area contributed by atoms with Gasteiger partial charge in [-0.1, -0.05) is 6.07 Å². The maximum Gasteiger partial charge on any atom is 0.253 e. The van der Waals surface area contributed by atoms with Crippen LogP contribution in [0, 0.1) is 0 Å². The number of aromatic nitrogens is 2. The fourth-order valence-electron chi connectivity index (χ4n) is 3.55. The maximum atomic E-state index is 12.9. The van der Waals surface area contributed by atoms with Gasteiger partial charge < -0.3 is 18.8 Å². The molecular weight excluding hydrogens is 370 g/mol. The van der Waals surface area contributed by atoms with Crippen molar-refractivity contribution in [3.05, 3.63) is 60.0 Å². The van der Waals surface area contributed by atoms with E-state index in [1.165, 1.54) is 0 Å². The number of nitrogens with zero attached hydrogens (tertiary/aromatic N) is 3. The molecule has 1 saturated heterocycles. The molecule has 0 bridgehead atoms. The van der Waals surface area contributed by atoms with E-state index >= 15 is 0 Å². The number of carbonyl (C=O) groups excluding carboxylic acids is 1. The summed E-state index contributed by atoms with van der Waals surface area (Å²) in [5.74, 6) is 2.51. The summed E-state index contributed by atoms with van der Waals surface area (Å²) in [5.41, 5.74) is 1.46. The Morgan fingerprint density at radius 2 is 1.86 bits per heavy atom. The standard InChI is InChI=1S/C22H23N3O4/c1-27-18-10-8-15(9-11-18)22(26)25-12-4-6-17(14-25)21-24-23-20(29-21)16-5-3-7-19(13-16)28-2/h3,5,7-11,13,17H,4,6,12,14H2,1-2H3/t17-/m0/s1. The summed E-state index contributed by atoms with van der Waals surface area (Å²) >= 11 is 0. The van der Waals surface area contributed by atoms with E-state index in [1.807, 2.05) is 29.2 Å². The zero-order valence-electron chi connectivity index (χ0n) is 16.5. The van der Waals surface area contributed by atoms with Gasteiger partial charge in [-0.25, -0.2) is 0 Å². The molecule has 1 fully saturated rings. The summed E-state index contributed by atoms with van der Waals surface area (Å²) in [6.45, 7) is 1.28. The van der Waals surface area contributed by atoms with Gasteiger partial charge in [0.05, 0.1) is 20.1 Å². The Hall–Kier alpha value is -3.35. The van der Waals surface area contributed by atoms with E-state index in [1.54, 1.807) is 38.5 Å². The maximum absolute atomic E-state index is 12.9. The SMILES string of the molecule is COc1ccc(C(=O)N2CCC[C@H](c3nnc(-c4cccc(OC)c4)o3)C2)cc1. The smallest absolute Gasteiger partial charge is 0.253 e. The molecular formula is C22H23N3O4. The van der Waals surface area contributed by atoms with Crippen LogP contribution in [-0.4, -0.2) is 48.3 Å². The van der Waals surface area contributed by atoms with Gasteiger partial charge in [0.2, 0.25) is 11.8 Å². The largest absolute Gasteiger partial charge is 0.497 e. The molecule has 7 heteroatoms. The molecule has 1 atom stereocenters. The van der Waals surface area contributed by atoms with E-state index in [0.717, 1.165) is 36.4 Å². The molecule has 0 spiro atoms. The molecule has 7 nitrogen and oxygen atoms in total. The lowest BCUT2D eigenvalue weighted by atomic mass is 9.97. The van der Waals surface area contributed by atoms with Crippen LogP contribution in [0.4, 0.5) is 0 Å². The quantitative estimate of drug-likeness (QED) is 0.657. The Bertz CT molecular complexity index is 984. The lowest BCUT2D eigenvalue weighted by Crippen LogP contribution is -2.39. The Labute approximate surface area is 169 Å². The van der Waals surface area contributed by atoms with E-state index in [2.05, 4.69) is 10.2 Å². The van der Waals surface area contributed by atoms with Gasteiger partial charge in [0.1, 0.15) is 11.5 Å². The summed E-state index contributed by atoms with van der Waals surface area (Å²) in [6, 6.07) is 14.7. The second-order valence-electron chi connectivity index (χ2n) is 7.00. The van der Waals surface area contributed by atoms with Crippen LogP contribution in [0.1, 0.15) is 35.0 Å². The topological polar surface area (TPSA) is 77.7 Å². The highest BCUT2D eigenvalue weighted by molar-refractivity contribution is 5.94. The van der Waals surface area contributed by atoms with Crippen LogP contribution >= 0.6 is 0 Å². The first kappa shape index (κ1) is 19.0. The summed E-state index contributed by atoms with van der Waals surface area (Å²) in [7, 11) is 3.23. The number of rotatable bonds is 5. The molecule has 0 radical (unpaired) electrons. The second kappa shape index (κ2) is 8.34. The monoisotopic (exact) mass is 393 g/mol. The highest BCUT2D eigenvalue weighted by Gasteiger charge is 2.29.